The number of rotatable bonds is 6. The third-order valence-corrected chi connectivity index (χ3v) is 4.14. The zero-order valence-electron chi connectivity index (χ0n) is 12.6. The van der Waals surface area contributed by atoms with Crippen molar-refractivity contribution in [3.63, 3.8) is 0 Å². The molecule has 0 spiro atoms. The summed E-state index contributed by atoms with van der Waals surface area (Å²) >= 11 is 0. The van der Waals surface area contributed by atoms with Crippen molar-refractivity contribution < 1.29 is 9.53 Å². The van der Waals surface area contributed by atoms with Crippen LogP contribution >= 0.6 is 0 Å². The fourth-order valence-corrected chi connectivity index (χ4v) is 3.11. The van der Waals surface area contributed by atoms with E-state index in [1.54, 1.807) is 7.11 Å². The maximum absolute atomic E-state index is 11.4. The van der Waals surface area contributed by atoms with Crippen LogP contribution in [0.15, 0.2) is 24.3 Å². The van der Waals surface area contributed by atoms with Crippen molar-refractivity contribution in [3.8, 4) is 0 Å². The molecule has 1 saturated carbocycles. The molecule has 1 amide bonds. The van der Waals surface area contributed by atoms with Gasteiger partial charge in [0.25, 0.3) is 0 Å². The lowest BCUT2D eigenvalue weighted by atomic mass is 9.91. The van der Waals surface area contributed by atoms with Gasteiger partial charge in [-0.25, -0.2) is 0 Å². The fourth-order valence-electron chi connectivity index (χ4n) is 3.11. The molecule has 1 aliphatic rings. The maximum Gasteiger partial charge on any atom is 0.231 e. The quantitative estimate of drug-likeness (QED) is 0.778. The summed E-state index contributed by atoms with van der Waals surface area (Å²) in [5.74, 6) is -0.293. The Morgan fingerprint density at radius 3 is 2.90 bits per heavy atom. The van der Waals surface area contributed by atoms with E-state index >= 15 is 0 Å². The van der Waals surface area contributed by atoms with Gasteiger partial charge in [0.2, 0.25) is 5.91 Å². The third-order valence-electron chi connectivity index (χ3n) is 4.14. The van der Waals surface area contributed by atoms with Crippen LogP contribution in [-0.2, 0) is 16.1 Å². The van der Waals surface area contributed by atoms with Crippen LogP contribution in [0.5, 0.6) is 0 Å². The Balaban J connectivity index is 2.08. The molecule has 1 aromatic rings. The number of nitrogen functional groups attached to an aromatic ring is 1. The molecule has 0 radical (unpaired) electrons. The number of nitrogens with zero attached hydrogens (tertiary/aromatic N) is 1. The molecule has 5 nitrogen and oxygen atoms in total. The lowest BCUT2D eigenvalue weighted by Crippen LogP contribution is -2.44. The van der Waals surface area contributed by atoms with E-state index in [0.717, 1.165) is 36.9 Å². The number of primary amides is 1. The standard InChI is InChI=1S/C16H25N3O2/c1-21-15-7-3-6-14(9-15)19(11-16(18)20)10-12-4-2-5-13(17)8-12/h2,4-5,8,14-15H,3,6-7,9-11,17H2,1H3,(H2,18,20). The minimum Gasteiger partial charge on any atom is -0.399 e. The third kappa shape index (κ3) is 4.72. The normalized spacial score (nSPS) is 22.4. The number of anilines is 1. The summed E-state index contributed by atoms with van der Waals surface area (Å²) in [5, 5.41) is 0. The van der Waals surface area contributed by atoms with E-state index < -0.39 is 0 Å². The van der Waals surface area contributed by atoms with Crippen LogP contribution in [0.4, 0.5) is 5.69 Å². The van der Waals surface area contributed by atoms with Gasteiger partial charge in [-0.2, -0.15) is 0 Å². The summed E-state index contributed by atoms with van der Waals surface area (Å²) in [6.45, 7) is 0.963. The highest BCUT2D eigenvalue weighted by molar-refractivity contribution is 5.76. The fraction of sp³-hybridized carbons (Fsp3) is 0.562. The van der Waals surface area contributed by atoms with Crippen LogP contribution in [0.3, 0.4) is 0 Å². The number of ether oxygens (including phenoxy) is 1. The minimum absolute atomic E-state index is 0.274. The Hall–Kier alpha value is -1.59. The zero-order chi connectivity index (χ0) is 15.2. The van der Waals surface area contributed by atoms with Crippen LogP contribution in [0.25, 0.3) is 0 Å². The first-order valence-corrected chi connectivity index (χ1v) is 7.48. The average Bonchev–Trinajstić information content (AvgIpc) is 2.46. The Bertz CT molecular complexity index is 478. The summed E-state index contributed by atoms with van der Waals surface area (Å²) in [5.41, 5.74) is 13.1. The van der Waals surface area contributed by atoms with Gasteiger partial charge in [-0.3, -0.25) is 9.69 Å². The molecule has 1 aliphatic carbocycles. The molecule has 0 bridgehead atoms. The van der Waals surface area contributed by atoms with Gasteiger partial charge in [-0.1, -0.05) is 12.1 Å². The molecular formula is C16H25N3O2. The summed E-state index contributed by atoms with van der Waals surface area (Å²) in [6, 6.07) is 8.11. The smallest absolute Gasteiger partial charge is 0.231 e. The maximum atomic E-state index is 11.4. The predicted octanol–water partition coefficient (Wildman–Crippen LogP) is 1.51. The van der Waals surface area contributed by atoms with Crippen LogP contribution in [-0.4, -0.2) is 36.6 Å². The number of hydrogen-bond donors (Lipinski definition) is 2. The van der Waals surface area contributed by atoms with E-state index in [2.05, 4.69) is 4.90 Å². The Labute approximate surface area is 126 Å². The average molecular weight is 291 g/mol. The number of nitrogens with two attached hydrogens (primary N) is 2. The number of carbonyl (C=O) groups is 1. The number of methoxy groups -OCH3 is 1. The largest absolute Gasteiger partial charge is 0.399 e. The van der Waals surface area contributed by atoms with Gasteiger partial charge in [0, 0.05) is 25.4 Å². The molecule has 0 heterocycles. The van der Waals surface area contributed by atoms with Gasteiger partial charge >= 0.3 is 0 Å². The number of benzene rings is 1. The molecule has 2 atom stereocenters. The highest BCUT2D eigenvalue weighted by Gasteiger charge is 2.27. The Morgan fingerprint density at radius 1 is 1.43 bits per heavy atom. The van der Waals surface area contributed by atoms with Gasteiger partial charge in [0.05, 0.1) is 12.6 Å². The number of amides is 1. The van der Waals surface area contributed by atoms with E-state index in [1.807, 2.05) is 24.3 Å². The van der Waals surface area contributed by atoms with Gasteiger partial charge in [-0.05, 0) is 43.4 Å². The lowest BCUT2D eigenvalue weighted by Gasteiger charge is -2.36. The van der Waals surface area contributed by atoms with Crippen molar-refractivity contribution in [3.05, 3.63) is 29.8 Å². The van der Waals surface area contributed by atoms with Crippen molar-refractivity contribution in [1.82, 2.24) is 4.90 Å². The first-order chi connectivity index (χ1) is 10.1. The second kappa shape index (κ2) is 7.43. The molecule has 2 unspecified atom stereocenters. The molecule has 0 aliphatic heterocycles. The molecule has 1 aromatic carbocycles. The van der Waals surface area contributed by atoms with Crippen molar-refractivity contribution in [2.24, 2.45) is 5.73 Å². The van der Waals surface area contributed by atoms with E-state index in [9.17, 15) is 4.79 Å². The highest BCUT2D eigenvalue weighted by atomic mass is 16.5. The molecule has 4 N–H and O–H groups in total. The molecule has 5 heteroatoms. The minimum atomic E-state index is -0.293. The van der Waals surface area contributed by atoms with Crippen LogP contribution < -0.4 is 11.5 Å². The Morgan fingerprint density at radius 2 is 2.24 bits per heavy atom. The molecule has 1 fully saturated rings. The highest BCUT2D eigenvalue weighted by Crippen LogP contribution is 2.26. The summed E-state index contributed by atoms with van der Waals surface area (Å²) in [6.07, 6.45) is 4.52. The van der Waals surface area contributed by atoms with E-state index in [-0.39, 0.29) is 18.6 Å². The molecular weight excluding hydrogens is 266 g/mol. The van der Waals surface area contributed by atoms with Gasteiger partial charge in [0.15, 0.2) is 0 Å². The van der Waals surface area contributed by atoms with E-state index in [1.165, 1.54) is 0 Å². The van der Waals surface area contributed by atoms with Crippen molar-refractivity contribution in [2.75, 3.05) is 19.4 Å². The second-order valence-electron chi connectivity index (χ2n) is 5.79. The predicted molar refractivity (Wildman–Crippen MR) is 83.5 cm³/mol. The van der Waals surface area contributed by atoms with Gasteiger partial charge in [0.1, 0.15) is 0 Å². The first-order valence-electron chi connectivity index (χ1n) is 7.48. The van der Waals surface area contributed by atoms with Gasteiger partial charge in [-0.15, -0.1) is 0 Å². The van der Waals surface area contributed by atoms with Crippen molar-refractivity contribution in [2.45, 2.75) is 44.4 Å². The van der Waals surface area contributed by atoms with Crippen molar-refractivity contribution in [1.29, 1.82) is 0 Å². The molecule has 21 heavy (non-hydrogen) atoms. The molecule has 0 aromatic heterocycles. The summed E-state index contributed by atoms with van der Waals surface area (Å²) < 4.78 is 5.48. The topological polar surface area (TPSA) is 81.6 Å². The van der Waals surface area contributed by atoms with Crippen LogP contribution in [0, 0.1) is 0 Å². The summed E-state index contributed by atoms with van der Waals surface area (Å²) in [7, 11) is 1.75. The van der Waals surface area contributed by atoms with E-state index in [0.29, 0.717) is 12.6 Å². The molecule has 2 rings (SSSR count). The van der Waals surface area contributed by atoms with Crippen LogP contribution in [0.2, 0.25) is 0 Å². The second-order valence-corrected chi connectivity index (χ2v) is 5.79. The molecule has 116 valence electrons. The Kier molecular flexibility index (Phi) is 5.59. The lowest BCUT2D eigenvalue weighted by molar-refractivity contribution is -0.120. The number of hydrogen-bond acceptors (Lipinski definition) is 4. The van der Waals surface area contributed by atoms with E-state index in [4.69, 9.17) is 16.2 Å². The zero-order valence-corrected chi connectivity index (χ0v) is 12.6. The number of carbonyl (C=O) groups excluding carboxylic acids is 1. The molecule has 0 saturated heterocycles. The summed E-state index contributed by atoms with van der Waals surface area (Å²) in [4.78, 5) is 13.5. The van der Waals surface area contributed by atoms with Gasteiger partial charge < -0.3 is 16.2 Å². The van der Waals surface area contributed by atoms with Crippen LogP contribution in [0.1, 0.15) is 31.2 Å². The van der Waals surface area contributed by atoms with Crippen molar-refractivity contribution >= 4 is 11.6 Å². The first kappa shape index (κ1) is 15.8. The monoisotopic (exact) mass is 291 g/mol. The SMILES string of the molecule is COC1CCCC(N(CC(N)=O)Cc2cccc(N)c2)C1.